The number of ether oxygens (including phenoxy) is 1. The van der Waals surface area contributed by atoms with Crippen molar-refractivity contribution in [1.82, 2.24) is 5.32 Å². The van der Waals surface area contributed by atoms with Gasteiger partial charge in [-0.2, -0.15) is 0 Å². The van der Waals surface area contributed by atoms with Crippen LogP contribution in [0.4, 0.5) is 8.78 Å². The van der Waals surface area contributed by atoms with Gasteiger partial charge in [-0.3, -0.25) is 4.79 Å². The fourth-order valence-electron chi connectivity index (χ4n) is 1.60. The third-order valence-corrected chi connectivity index (χ3v) is 2.69. The summed E-state index contributed by atoms with van der Waals surface area (Å²) in [4.78, 5) is 22.7. The molecule has 0 bridgehead atoms. The summed E-state index contributed by atoms with van der Waals surface area (Å²) in [6, 6.07) is 2.88. The van der Waals surface area contributed by atoms with Crippen LogP contribution in [-0.2, 0) is 4.79 Å². The summed E-state index contributed by atoms with van der Waals surface area (Å²) in [7, 11) is 1.43. The third-order valence-electron chi connectivity index (χ3n) is 2.69. The van der Waals surface area contributed by atoms with E-state index in [9.17, 15) is 18.4 Å². The van der Waals surface area contributed by atoms with E-state index in [1.165, 1.54) is 19.2 Å². The highest BCUT2D eigenvalue weighted by molar-refractivity contribution is 5.97. The van der Waals surface area contributed by atoms with Gasteiger partial charge in [-0.1, -0.05) is 6.07 Å². The average Bonchev–Trinajstić information content (AvgIpc) is 2.37. The molecule has 0 saturated carbocycles. The number of nitrogens with one attached hydrogen (secondary N) is 1. The topological polar surface area (TPSA) is 75.6 Å². The van der Waals surface area contributed by atoms with Gasteiger partial charge in [-0.15, -0.1) is 0 Å². The molecule has 1 atom stereocenters. The van der Waals surface area contributed by atoms with Gasteiger partial charge >= 0.3 is 5.97 Å². The van der Waals surface area contributed by atoms with Gasteiger partial charge < -0.3 is 15.2 Å². The molecule has 1 rings (SSSR count). The summed E-state index contributed by atoms with van der Waals surface area (Å²) in [5, 5.41) is 10.9. The van der Waals surface area contributed by atoms with Crippen LogP contribution in [0.3, 0.4) is 0 Å². The predicted molar refractivity (Wildman–Crippen MR) is 67.2 cm³/mol. The molecule has 1 aromatic rings. The Morgan fingerprint density at radius 2 is 2.05 bits per heavy atom. The Kier molecular flexibility index (Phi) is 5.42. The Morgan fingerprint density at radius 1 is 1.40 bits per heavy atom. The molecular weight excluding hydrogens is 272 g/mol. The standard InChI is InChI=1S/C13H15F2NO4/c1-7-3-4-8(5-10(7)20-2)12(17)16-9(13(18)19)6-11(14)15/h3-5,9,11H,6H2,1-2H3,(H,16,17)(H,18,19). The SMILES string of the molecule is COc1cc(C(=O)NC(CC(F)F)C(=O)O)ccc1C. The highest BCUT2D eigenvalue weighted by Gasteiger charge is 2.24. The van der Waals surface area contributed by atoms with E-state index in [1.807, 2.05) is 0 Å². The number of aliphatic carboxylic acids is 1. The van der Waals surface area contributed by atoms with Gasteiger partial charge in [-0.25, -0.2) is 13.6 Å². The van der Waals surface area contributed by atoms with Crippen molar-refractivity contribution in [2.75, 3.05) is 7.11 Å². The predicted octanol–water partition coefficient (Wildman–Crippen LogP) is 1.84. The molecule has 0 aliphatic heterocycles. The van der Waals surface area contributed by atoms with Crippen LogP contribution in [0.15, 0.2) is 18.2 Å². The molecular formula is C13H15F2NO4. The van der Waals surface area contributed by atoms with Crippen LogP contribution >= 0.6 is 0 Å². The van der Waals surface area contributed by atoms with E-state index < -0.39 is 30.8 Å². The summed E-state index contributed by atoms with van der Waals surface area (Å²) in [6.07, 6.45) is -3.76. The molecule has 7 heteroatoms. The first kappa shape index (κ1) is 15.9. The van der Waals surface area contributed by atoms with Gasteiger partial charge in [0.25, 0.3) is 5.91 Å². The molecule has 0 heterocycles. The van der Waals surface area contributed by atoms with Crippen molar-refractivity contribution in [2.45, 2.75) is 25.8 Å². The van der Waals surface area contributed by atoms with Crippen LogP contribution in [0.2, 0.25) is 0 Å². The number of aryl methyl sites for hydroxylation is 1. The van der Waals surface area contributed by atoms with Gasteiger partial charge in [0.15, 0.2) is 0 Å². The molecule has 1 amide bonds. The molecule has 0 fully saturated rings. The highest BCUT2D eigenvalue weighted by Crippen LogP contribution is 2.19. The number of rotatable bonds is 6. The first-order valence-electron chi connectivity index (χ1n) is 5.81. The van der Waals surface area contributed by atoms with Crippen LogP contribution in [0.25, 0.3) is 0 Å². The Balaban J connectivity index is 2.86. The number of halogens is 2. The van der Waals surface area contributed by atoms with Gasteiger partial charge in [0.2, 0.25) is 6.43 Å². The zero-order valence-corrected chi connectivity index (χ0v) is 11.0. The lowest BCUT2D eigenvalue weighted by Gasteiger charge is -2.14. The summed E-state index contributed by atoms with van der Waals surface area (Å²) >= 11 is 0. The summed E-state index contributed by atoms with van der Waals surface area (Å²) in [5.74, 6) is -1.78. The molecule has 0 saturated heterocycles. The monoisotopic (exact) mass is 287 g/mol. The van der Waals surface area contributed by atoms with Crippen LogP contribution in [0.1, 0.15) is 22.3 Å². The van der Waals surface area contributed by atoms with E-state index in [0.29, 0.717) is 5.75 Å². The molecule has 20 heavy (non-hydrogen) atoms. The number of carbonyl (C=O) groups is 2. The molecule has 0 aliphatic rings. The van der Waals surface area contributed by atoms with E-state index >= 15 is 0 Å². The number of carbonyl (C=O) groups excluding carboxylic acids is 1. The molecule has 5 nitrogen and oxygen atoms in total. The van der Waals surface area contributed by atoms with Crippen molar-refractivity contribution < 1.29 is 28.2 Å². The lowest BCUT2D eigenvalue weighted by Crippen LogP contribution is -2.42. The van der Waals surface area contributed by atoms with Crippen molar-refractivity contribution >= 4 is 11.9 Å². The minimum Gasteiger partial charge on any atom is -0.496 e. The number of methoxy groups -OCH3 is 1. The first-order chi connectivity index (χ1) is 9.35. The minimum absolute atomic E-state index is 0.146. The molecule has 2 N–H and O–H groups in total. The Bertz CT molecular complexity index is 505. The van der Waals surface area contributed by atoms with Crippen molar-refractivity contribution in [3.63, 3.8) is 0 Å². The second-order valence-corrected chi connectivity index (χ2v) is 4.18. The minimum atomic E-state index is -2.82. The average molecular weight is 287 g/mol. The molecule has 0 radical (unpaired) electrons. The quantitative estimate of drug-likeness (QED) is 0.837. The normalized spacial score (nSPS) is 12.1. The number of carboxylic acids is 1. The largest absolute Gasteiger partial charge is 0.496 e. The molecule has 110 valence electrons. The zero-order chi connectivity index (χ0) is 15.3. The van der Waals surface area contributed by atoms with Gasteiger partial charge in [0.05, 0.1) is 7.11 Å². The maximum Gasteiger partial charge on any atom is 0.326 e. The van der Waals surface area contributed by atoms with Crippen molar-refractivity contribution in [3.05, 3.63) is 29.3 Å². The molecule has 0 spiro atoms. The number of amides is 1. The maximum atomic E-state index is 12.2. The fourth-order valence-corrected chi connectivity index (χ4v) is 1.60. The van der Waals surface area contributed by atoms with E-state index in [-0.39, 0.29) is 5.56 Å². The summed E-state index contributed by atoms with van der Waals surface area (Å²) < 4.78 is 29.5. The lowest BCUT2D eigenvalue weighted by atomic mass is 10.1. The molecule has 1 aromatic carbocycles. The van der Waals surface area contributed by atoms with Crippen LogP contribution < -0.4 is 10.1 Å². The highest BCUT2D eigenvalue weighted by atomic mass is 19.3. The van der Waals surface area contributed by atoms with E-state index in [2.05, 4.69) is 5.32 Å². The lowest BCUT2D eigenvalue weighted by molar-refractivity contribution is -0.140. The Morgan fingerprint density at radius 3 is 2.55 bits per heavy atom. The second kappa shape index (κ2) is 6.83. The Labute approximate surface area is 114 Å². The molecule has 0 aromatic heterocycles. The molecule has 1 unspecified atom stereocenters. The van der Waals surface area contributed by atoms with E-state index in [4.69, 9.17) is 9.84 Å². The smallest absolute Gasteiger partial charge is 0.326 e. The van der Waals surface area contributed by atoms with Crippen LogP contribution in [0.5, 0.6) is 5.75 Å². The van der Waals surface area contributed by atoms with Crippen LogP contribution in [-0.4, -0.2) is 36.6 Å². The molecule has 0 aliphatic carbocycles. The summed E-state index contributed by atoms with van der Waals surface area (Å²) in [5.41, 5.74) is 0.944. The van der Waals surface area contributed by atoms with Crippen molar-refractivity contribution in [2.24, 2.45) is 0 Å². The number of benzene rings is 1. The first-order valence-corrected chi connectivity index (χ1v) is 5.81. The zero-order valence-electron chi connectivity index (χ0n) is 11.0. The number of hydrogen-bond donors (Lipinski definition) is 2. The maximum absolute atomic E-state index is 12.2. The van der Waals surface area contributed by atoms with Gasteiger partial charge in [0, 0.05) is 12.0 Å². The van der Waals surface area contributed by atoms with E-state index in [1.54, 1.807) is 13.0 Å². The van der Waals surface area contributed by atoms with Crippen molar-refractivity contribution in [1.29, 1.82) is 0 Å². The van der Waals surface area contributed by atoms with Gasteiger partial charge in [-0.05, 0) is 24.6 Å². The second-order valence-electron chi connectivity index (χ2n) is 4.18. The number of carboxylic acid groups (broad SMARTS) is 1. The van der Waals surface area contributed by atoms with Crippen molar-refractivity contribution in [3.8, 4) is 5.75 Å². The third kappa shape index (κ3) is 4.18. The Hall–Kier alpha value is -2.18. The van der Waals surface area contributed by atoms with Gasteiger partial charge in [0.1, 0.15) is 11.8 Å². The van der Waals surface area contributed by atoms with Crippen LogP contribution in [0, 0.1) is 6.92 Å². The number of hydrogen-bond acceptors (Lipinski definition) is 3. The number of alkyl halides is 2. The summed E-state index contributed by atoms with van der Waals surface area (Å²) in [6.45, 7) is 1.78. The van der Waals surface area contributed by atoms with E-state index in [0.717, 1.165) is 5.56 Å². The fraction of sp³-hybridized carbons (Fsp3) is 0.385.